The Labute approximate surface area is 133 Å². The molecule has 0 saturated heterocycles. The van der Waals surface area contributed by atoms with Gasteiger partial charge in [0.25, 0.3) is 0 Å². The maximum atomic E-state index is 12.3. The number of nitrogens with zero attached hydrogens (tertiary/aromatic N) is 2. The third kappa shape index (κ3) is 5.23. The van der Waals surface area contributed by atoms with E-state index < -0.39 is 6.61 Å². The van der Waals surface area contributed by atoms with Gasteiger partial charge in [0.05, 0.1) is 6.42 Å². The van der Waals surface area contributed by atoms with Gasteiger partial charge >= 0.3 is 6.61 Å². The lowest BCUT2D eigenvalue weighted by atomic mass is 10.1. The molecule has 2 aromatic rings. The lowest BCUT2D eigenvalue weighted by Gasteiger charge is -2.08. The highest BCUT2D eigenvalue weighted by Gasteiger charge is 2.14. The van der Waals surface area contributed by atoms with E-state index in [4.69, 9.17) is 4.52 Å². The first-order valence-electron chi connectivity index (χ1n) is 6.60. The molecule has 5 nitrogen and oxygen atoms in total. The minimum Gasteiger partial charge on any atom is -0.435 e. The van der Waals surface area contributed by atoms with Crippen molar-refractivity contribution in [3.8, 4) is 5.75 Å². The van der Waals surface area contributed by atoms with Gasteiger partial charge in [0.15, 0.2) is 5.82 Å². The predicted octanol–water partition coefficient (Wildman–Crippen LogP) is 2.83. The zero-order valence-corrected chi connectivity index (χ0v) is 13.1. The standard InChI is InChI=1S/C14H17F2N3O2.ClH/c1-9(17-2)7-12-18-13(21-19-12)8-10-5-3-4-6-11(10)20-14(15)16;/h3-6,9,14,17H,7-8H2,1-2H3;1H. The molecule has 0 bridgehead atoms. The molecule has 1 aromatic heterocycles. The highest BCUT2D eigenvalue weighted by atomic mass is 35.5. The summed E-state index contributed by atoms with van der Waals surface area (Å²) in [5, 5.41) is 6.95. The number of para-hydroxylation sites is 1. The third-order valence-electron chi connectivity index (χ3n) is 3.02. The summed E-state index contributed by atoms with van der Waals surface area (Å²) in [6.07, 6.45) is 0.888. The summed E-state index contributed by atoms with van der Waals surface area (Å²) in [6.45, 7) is -0.859. The van der Waals surface area contributed by atoms with Crippen molar-refractivity contribution in [1.82, 2.24) is 15.5 Å². The van der Waals surface area contributed by atoms with E-state index in [-0.39, 0.29) is 30.6 Å². The van der Waals surface area contributed by atoms with Crippen LogP contribution in [-0.2, 0) is 12.8 Å². The summed E-state index contributed by atoms with van der Waals surface area (Å²) in [7, 11) is 1.85. The number of likely N-dealkylation sites (N-methyl/N-ethyl adjacent to an activating group) is 1. The minimum atomic E-state index is -2.86. The highest BCUT2D eigenvalue weighted by Crippen LogP contribution is 2.22. The first-order chi connectivity index (χ1) is 10.1. The Hall–Kier alpha value is -1.73. The molecule has 8 heteroatoms. The fourth-order valence-corrected chi connectivity index (χ4v) is 1.84. The summed E-state index contributed by atoms with van der Waals surface area (Å²) in [5.74, 6) is 1.08. The fourth-order valence-electron chi connectivity index (χ4n) is 1.84. The van der Waals surface area contributed by atoms with Crippen molar-refractivity contribution in [3.05, 3.63) is 41.5 Å². The molecule has 1 unspecified atom stereocenters. The van der Waals surface area contributed by atoms with Gasteiger partial charge in [-0.25, -0.2) is 0 Å². The minimum absolute atomic E-state index is 0. The van der Waals surface area contributed by atoms with Crippen molar-refractivity contribution in [2.24, 2.45) is 0 Å². The highest BCUT2D eigenvalue weighted by molar-refractivity contribution is 5.85. The van der Waals surface area contributed by atoms with Crippen LogP contribution in [0.25, 0.3) is 0 Å². The Balaban J connectivity index is 0.00000242. The van der Waals surface area contributed by atoms with Crippen LogP contribution in [-0.4, -0.2) is 29.8 Å². The van der Waals surface area contributed by atoms with Crippen LogP contribution in [0.3, 0.4) is 0 Å². The van der Waals surface area contributed by atoms with Crippen molar-refractivity contribution >= 4 is 12.4 Å². The number of alkyl halides is 2. The van der Waals surface area contributed by atoms with E-state index in [2.05, 4.69) is 20.2 Å². The third-order valence-corrected chi connectivity index (χ3v) is 3.02. The van der Waals surface area contributed by atoms with Crippen molar-refractivity contribution < 1.29 is 18.0 Å². The molecule has 1 aromatic carbocycles. The van der Waals surface area contributed by atoms with Crippen LogP contribution in [0.15, 0.2) is 28.8 Å². The first kappa shape index (κ1) is 18.3. The number of hydrogen-bond donors (Lipinski definition) is 1. The van der Waals surface area contributed by atoms with Gasteiger partial charge in [-0.05, 0) is 20.0 Å². The molecule has 22 heavy (non-hydrogen) atoms. The first-order valence-corrected chi connectivity index (χ1v) is 6.60. The Morgan fingerprint density at radius 1 is 1.32 bits per heavy atom. The van der Waals surface area contributed by atoms with Gasteiger partial charge in [-0.15, -0.1) is 12.4 Å². The number of benzene rings is 1. The molecular formula is C14H18ClF2N3O2. The van der Waals surface area contributed by atoms with E-state index in [0.29, 0.717) is 23.7 Å². The van der Waals surface area contributed by atoms with Crippen LogP contribution in [0.5, 0.6) is 5.75 Å². The molecule has 1 heterocycles. The van der Waals surface area contributed by atoms with Gasteiger partial charge < -0.3 is 14.6 Å². The topological polar surface area (TPSA) is 60.2 Å². The van der Waals surface area contributed by atoms with Crippen LogP contribution in [0.4, 0.5) is 8.78 Å². The average molecular weight is 334 g/mol. The molecule has 1 atom stereocenters. The van der Waals surface area contributed by atoms with Crippen molar-refractivity contribution in [3.63, 3.8) is 0 Å². The molecule has 0 saturated carbocycles. The summed E-state index contributed by atoms with van der Waals surface area (Å²) in [6, 6.07) is 6.79. The molecule has 0 aliphatic rings. The van der Waals surface area contributed by atoms with E-state index in [1.54, 1.807) is 18.2 Å². The Morgan fingerprint density at radius 3 is 2.73 bits per heavy atom. The quantitative estimate of drug-likeness (QED) is 0.844. The second-order valence-corrected chi connectivity index (χ2v) is 4.66. The molecule has 0 spiro atoms. The van der Waals surface area contributed by atoms with Gasteiger partial charge in [0.1, 0.15) is 5.75 Å². The number of aromatic nitrogens is 2. The number of rotatable bonds is 7. The molecule has 0 radical (unpaired) electrons. The van der Waals surface area contributed by atoms with E-state index in [1.807, 2.05) is 14.0 Å². The SMILES string of the molecule is CNC(C)Cc1noc(Cc2ccccc2OC(F)F)n1.Cl. The summed E-state index contributed by atoms with van der Waals surface area (Å²) < 4.78 is 34.3. The Kier molecular flexibility index (Phi) is 7.20. The zero-order valence-electron chi connectivity index (χ0n) is 12.3. The molecule has 122 valence electrons. The van der Waals surface area contributed by atoms with E-state index >= 15 is 0 Å². The smallest absolute Gasteiger partial charge is 0.387 e. The fraction of sp³-hybridized carbons (Fsp3) is 0.429. The Bertz CT molecular complexity index is 581. The molecule has 2 rings (SSSR count). The molecule has 0 fully saturated rings. The lowest BCUT2D eigenvalue weighted by Crippen LogP contribution is -2.24. The van der Waals surface area contributed by atoms with E-state index in [0.717, 1.165) is 0 Å². The normalized spacial score (nSPS) is 12.0. The lowest BCUT2D eigenvalue weighted by molar-refractivity contribution is -0.0504. The molecule has 0 amide bonds. The largest absolute Gasteiger partial charge is 0.435 e. The van der Waals surface area contributed by atoms with E-state index in [1.165, 1.54) is 6.07 Å². The molecule has 0 aliphatic carbocycles. The monoisotopic (exact) mass is 333 g/mol. The van der Waals surface area contributed by atoms with Crippen LogP contribution in [0.2, 0.25) is 0 Å². The molecular weight excluding hydrogens is 316 g/mol. The maximum Gasteiger partial charge on any atom is 0.387 e. The van der Waals surface area contributed by atoms with Gasteiger partial charge in [-0.2, -0.15) is 13.8 Å². The number of nitrogens with one attached hydrogen (secondary N) is 1. The predicted molar refractivity (Wildman–Crippen MR) is 79.7 cm³/mol. The van der Waals surface area contributed by atoms with Gasteiger partial charge in [0, 0.05) is 18.0 Å². The second-order valence-electron chi connectivity index (χ2n) is 4.66. The van der Waals surface area contributed by atoms with Crippen LogP contribution < -0.4 is 10.1 Å². The Morgan fingerprint density at radius 2 is 2.05 bits per heavy atom. The van der Waals surface area contributed by atoms with E-state index in [9.17, 15) is 8.78 Å². The van der Waals surface area contributed by atoms with Gasteiger partial charge in [-0.1, -0.05) is 23.4 Å². The molecule has 1 N–H and O–H groups in total. The van der Waals surface area contributed by atoms with Crippen LogP contribution >= 0.6 is 12.4 Å². The summed E-state index contributed by atoms with van der Waals surface area (Å²) in [5.41, 5.74) is 0.578. The number of hydrogen-bond acceptors (Lipinski definition) is 5. The summed E-state index contributed by atoms with van der Waals surface area (Å²) in [4.78, 5) is 4.25. The number of halogens is 3. The van der Waals surface area contributed by atoms with Crippen molar-refractivity contribution in [2.45, 2.75) is 32.4 Å². The molecule has 0 aliphatic heterocycles. The average Bonchev–Trinajstić information content (AvgIpc) is 2.87. The van der Waals surface area contributed by atoms with Gasteiger partial charge in [0.2, 0.25) is 5.89 Å². The van der Waals surface area contributed by atoms with Crippen LogP contribution in [0.1, 0.15) is 24.2 Å². The second kappa shape index (κ2) is 8.65. The van der Waals surface area contributed by atoms with Crippen molar-refractivity contribution in [1.29, 1.82) is 0 Å². The zero-order chi connectivity index (χ0) is 15.2. The number of ether oxygens (including phenoxy) is 1. The van der Waals surface area contributed by atoms with Crippen LogP contribution in [0, 0.1) is 0 Å². The maximum absolute atomic E-state index is 12.3. The van der Waals surface area contributed by atoms with Gasteiger partial charge in [-0.3, -0.25) is 0 Å². The summed E-state index contributed by atoms with van der Waals surface area (Å²) >= 11 is 0. The van der Waals surface area contributed by atoms with Crippen molar-refractivity contribution in [2.75, 3.05) is 7.05 Å².